The fourth-order valence-electron chi connectivity index (χ4n) is 5.05. The molecule has 14 heteroatoms. The van der Waals surface area contributed by atoms with Crippen molar-refractivity contribution >= 4 is 17.9 Å². The maximum atomic E-state index is 13.7. The van der Waals surface area contributed by atoms with Crippen LogP contribution in [-0.4, -0.2) is 53.3 Å². The summed E-state index contributed by atoms with van der Waals surface area (Å²) in [4.78, 5) is 29.7. The van der Waals surface area contributed by atoms with Crippen molar-refractivity contribution in [3.05, 3.63) is 87.8 Å². The predicted octanol–water partition coefficient (Wildman–Crippen LogP) is 7.03. The molecule has 2 aromatic carbocycles. The quantitative estimate of drug-likeness (QED) is 0.139. The van der Waals surface area contributed by atoms with Crippen LogP contribution in [-0.2, 0) is 23.6 Å². The minimum absolute atomic E-state index is 0.0146. The first kappa shape index (κ1) is 31.8. The Labute approximate surface area is 242 Å². The number of hydrogen-bond donors (Lipinski definition) is 1. The molecule has 1 N–H and O–H groups in total. The molecular weight excluding hydrogens is 584 g/mol. The molecule has 3 aromatic rings. The van der Waals surface area contributed by atoms with Gasteiger partial charge in [-0.1, -0.05) is 24.3 Å². The summed E-state index contributed by atoms with van der Waals surface area (Å²) in [6.07, 6.45) is -10.7. The summed E-state index contributed by atoms with van der Waals surface area (Å²) < 4.78 is 84.0. The Morgan fingerprint density at radius 3 is 2.12 bits per heavy atom. The van der Waals surface area contributed by atoms with Gasteiger partial charge >= 0.3 is 18.5 Å². The number of nitrogens with zero attached hydrogens (tertiary/aromatic N) is 3. The van der Waals surface area contributed by atoms with Gasteiger partial charge in [0.15, 0.2) is 0 Å². The van der Waals surface area contributed by atoms with Crippen LogP contribution in [0.2, 0.25) is 0 Å². The van der Waals surface area contributed by atoms with E-state index in [2.05, 4.69) is 4.98 Å². The van der Waals surface area contributed by atoms with E-state index in [0.29, 0.717) is 23.3 Å². The van der Waals surface area contributed by atoms with Gasteiger partial charge < -0.3 is 24.6 Å². The number of carbonyl (C=O) groups is 2. The average molecular weight is 612 g/mol. The number of rotatable bonds is 6. The number of halogens is 6. The molecule has 2 heterocycles. The van der Waals surface area contributed by atoms with Crippen LogP contribution < -0.4 is 4.65 Å². The van der Waals surface area contributed by atoms with E-state index >= 15 is 0 Å². The molecule has 0 unspecified atom stereocenters. The van der Waals surface area contributed by atoms with Gasteiger partial charge in [-0.2, -0.15) is 26.3 Å². The molecule has 230 valence electrons. The minimum atomic E-state index is -5.04. The number of hydroxylamine groups is 2. The van der Waals surface area contributed by atoms with Gasteiger partial charge in [-0.15, -0.1) is 0 Å². The van der Waals surface area contributed by atoms with Crippen molar-refractivity contribution in [2.24, 2.45) is 0 Å². The maximum absolute atomic E-state index is 13.7. The number of amides is 1. The smallest absolute Gasteiger partial charge is 0.506 e. The lowest BCUT2D eigenvalue weighted by molar-refractivity contribution is -0.143. The first-order chi connectivity index (χ1) is 20.0. The van der Waals surface area contributed by atoms with Crippen molar-refractivity contribution in [3.8, 4) is 11.1 Å². The standard InChI is InChI=1S/C29H27F6N3O5/c1-17-5-3-4-6-22(17)23-14-25(38(42)9-7-21(8-10-38)43-27(40)41)36-15-24(23)26(39)37(2)16-18-11-19(28(30,31)32)13-20(12-18)29(33,34)35/h3-6,11-15,21H,7-10,16H2,1-2H3,(H,40,41). The molecule has 8 nitrogen and oxygen atoms in total. The fraction of sp³-hybridized carbons (Fsp3) is 0.345. The summed E-state index contributed by atoms with van der Waals surface area (Å²) in [7, 11) is 1.24. The molecule has 1 aliphatic heterocycles. The molecule has 0 spiro atoms. The molecule has 1 fully saturated rings. The number of pyridine rings is 1. The van der Waals surface area contributed by atoms with E-state index in [9.17, 15) is 41.1 Å². The van der Waals surface area contributed by atoms with Crippen LogP contribution in [0.25, 0.3) is 11.1 Å². The third-order valence-electron chi connectivity index (χ3n) is 7.28. The minimum Gasteiger partial charge on any atom is -0.626 e. The molecule has 0 saturated carbocycles. The Bertz CT molecular complexity index is 1480. The Balaban J connectivity index is 1.70. The van der Waals surface area contributed by atoms with Gasteiger partial charge in [0.05, 0.1) is 29.8 Å². The van der Waals surface area contributed by atoms with Crippen LogP contribution in [0.4, 0.5) is 37.0 Å². The largest absolute Gasteiger partial charge is 0.626 e. The van der Waals surface area contributed by atoms with Gasteiger partial charge in [-0.3, -0.25) is 4.79 Å². The summed E-state index contributed by atoms with van der Waals surface area (Å²) in [5, 5.41) is 22.6. The second-order valence-corrected chi connectivity index (χ2v) is 10.4. The number of hydrogen-bond acceptors (Lipinski definition) is 5. The summed E-state index contributed by atoms with van der Waals surface area (Å²) in [6.45, 7) is 1.11. The lowest BCUT2D eigenvalue weighted by Crippen LogP contribution is -2.51. The van der Waals surface area contributed by atoms with Gasteiger partial charge in [-0.05, 0) is 41.8 Å². The van der Waals surface area contributed by atoms with Gasteiger partial charge in [0.2, 0.25) is 5.82 Å². The highest BCUT2D eigenvalue weighted by molar-refractivity contribution is 6.01. The van der Waals surface area contributed by atoms with Crippen LogP contribution in [0.15, 0.2) is 54.7 Å². The molecule has 0 radical (unpaired) electrons. The number of aryl methyl sites for hydroxylation is 1. The lowest BCUT2D eigenvalue weighted by atomic mass is 9.96. The van der Waals surface area contributed by atoms with Gasteiger partial charge in [0, 0.05) is 44.3 Å². The van der Waals surface area contributed by atoms with Crippen molar-refractivity contribution < 1.29 is 45.8 Å². The molecule has 1 aromatic heterocycles. The highest BCUT2D eigenvalue weighted by Crippen LogP contribution is 2.37. The number of benzene rings is 2. The fourth-order valence-corrected chi connectivity index (χ4v) is 5.05. The Morgan fingerprint density at radius 2 is 1.58 bits per heavy atom. The number of carboxylic acid groups (broad SMARTS) is 1. The first-order valence-electron chi connectivity index (χ1n) is 13.1. The molecule has 4 rings (SSSR count). The van der Waals surface area contributed by atoms with Gasteiger partial charge in [0.1, 0.15) is 6.10 Å². The van der Waals surface area contributed by atoms with Gasteiger partial charge in [-0.25, -0.2) is 9.78 Å². The number of carbonyl (C=O) groups excluding carboxylic acids is 1. The van der Waals surface area contributed by atoms with Crippen molar-refractivity contribution in [2.75, 3.05) is 20.1 Å². The number of aromatic nitrogens is 1. The second kappa shape index (κ2) is 11.8. The third-order valence-corrected chi connectivity index (χ3v) is 7.28. The van der Waals surface area contributed by atoms with E-state index in [1.807, 2.05) is 0 Å². The summed E-state index contributed by atoms with van der Waals surface area (Å²) in [5.41, 5.74) is -1.78. The zero-order chi connectivity index (χ0) is 31.7. The van der Waals surface area contributed by atoms with Crippen LogP contribution in [0.5, 0.6) is 0 Å². The Morgan fingerprint density at radius 1 is 1.00 bits per heavy atom. The SMILES string of the molecule is Cc1ccccc1-c1cc([N+]2([O-])CCC(OC(=O)O)CC2)ncc1C(=O)N(C)Cc1cc(C(F)(F)F)cc(C(F)(F)F)c1. The molecule has 0 aliphatic carbocycles. The van der Waals surface area contributed by atoms with Crippen LogP contribution in [0.1, 0.15) is 45.5 Å². The molecular formula is C29H27F6N3O5. The van der Waals surface area contributed by atoms with E-state index in [4.69, 9.17) is 9.84 Å². The predicted molar refractivity (Wildman–Crippen MR) is 144 cm³/mol. The molecule has 43 heavy (non-hydrogen) atoms. The number of ether oxygens (including phenoxy) is 1. The first-order valence-corrected chi connectivity index (χ1v) is 13.1. The number of quaternary nitrogens is 1. The monoisotopic (exact) mass is 611 g/mol. The highest BCUT2D eigenvalue weighted by atomic mass is 19.4. The van der Waals surface area contributed by atoms with E-state index in [1.54, 1.807) is 31.2 Å². The van der Waals surface area contributed by atoms with Crippen LogP contribution >= 0.6 is 0 Å². The van der Waals surface area contributed by atoms with Crippen molar-refractivity contribution in [1.82, 2.24) is 14.5 Å². The van der Waals surface area contributed by atoms with E-state index < -0.39 is 52.8 Å². The molecule has 0 atom stereocenters. The topological polar surface area (TPSA) is 103 Å². The highest BCUT2D eigenvalue weighted by Gasteiger charge is 2.37. The Hall–Kier alpha value is -4.17. The Kier molecular flexibility index (Phi) is 8.75. The molecule has 1 aliphatic rings. The zero-order valence-corrected chi connectivity index (χ0v) is 23.0. The van der Waals surface area contributed by atoms with Crippen molar-refractivity contribution in [2.45, 2.75) is 44.8 Å². The molecule has 0 bridgehead atoms. The van der Waals surface area contributed by atoms with E-state index in [1.165, 1.54) is 19.3 Å². The van der Waals surface area contributed by atoms with Gasteiger partial charge in [0.25, 0.3) is 5.91 Å². The summed E-state index contributed by atoms with van der Waals surface area (Å²) >= 11 is 0. The van der Waals surface area contributed by atoms with Crippen molar-refractivity contribution in [3.63, 3.8) is 0 Å². The molecule has 1 saturated heterocycles. The zero-order valence-electron chi connectivity index (χ0n) is 23.0. The second-order valence-electron chi connectivity index (χ2n) is 10.4. The van der Waals surface area contributed by atoms with Crippen molar-refractivity contribution in [1.29, 1.82) is 0 Å². The van der Waals surface area contributed by atoms with Crippen LogP contribution in [0, 0.1) is 12.1 Å². The number of piperidine rings is 1. The van der Waals surface area contributed by atoms with E-state index in [-0.39, 0.29) is 48.9 Å². The average Bonchev–Trinajstić information content (AvgIpc) is 2.92. The third kappa shape index (κ3) is 7.25. The lowest BCUT2D eigenvalue weighted by Gasteiger charge is -2.45. The summed E-state index contributed by atoms with van der Waals surface area (Å²) in [6, 6.07) is 9.52. The van der Waals surface area contributed by atoms with E-state index in [0.717, 1.165) is 10.5 Å². The normalized spacial score (nSPS) is 19.1. The maximum Gasteiger partial charge on any atom is 0.506 e. The molecule has 1 amide bonds. The van der Waals surface area contributed by atoms with Crippen LogP contribution in [0.3, 0.4) is 0 Å². The summed E-state index contributed by atoms with van der Waals surface area (Å²) in [5.74, 6) is -0.687. The number of alkyl halides is 6.